The molecule has 3 rings (SSSR count). The van der Waals surface area contributed by atoms with Crippen LogP contribution in [0.1, 0.15) is 33.6 Å². The summed E-state index contributed by atoms with van der Waals surface area (Å²) in [4.78, 5) is 39.9. The number of anilines is 1. The fourth-order valence-corrected chi connectivity index (χ4v) is 3.91. The van der Waals surface area contributed by atoms with Crippen LogP contribution in [0.3, 0.4) is 0 Å². The average Bonchev–Trinajstić information content (AvgIpc) is 2.83. The van der Waals surface area contributed by atoms with Crippen molar-refractivity contribution in [2.75, 3.05) is 25.6 Å². The van der Waals surface area contributed by atoms with E-state index in [-0.39, 0.29) is 29.8 Å². The van der Waals surface area contributed by atoms with E-state index in [1.807, 2.05) is 0 Å². The van der Waals surface area contributed by atoms with Crippen LogP contribution in [-0.2, 0) is 14.3 Å². The standard InChI is InChI=1S/C26H31ClFN3O6/c1-26(2,3)37-25(34)31-14-17(29-23(32)15-36-19-9-10-20(27)21(28)13-19)8-11-22(31)24(33)30-16-6-5-7-18(12-16)35-4/h5-7,9-10,12-13,17,22H,8,11,14-15H2,1-4H3,(H,29,32)(H,30,33)/t17-,22+/m0/s1. The summed E-state index contributed by atoms with van der Waals surface area (Å²) in [6, 6.07) is 9.53. The second-order valence-electron chi connectivity index (χ2n) is 9.58. The van der Waals surface area contributed by atoms with Crippen molar-refractivity contribution in [2.24, 2.45) is 0 Å². The molecule has 0 radical (unpaired) electrons. The summed E-state index contributed by atoms with van der Waals surface area (Å²) in [7, 11) is 1.53. The molecule has 0 aliphatic carbocycles. The maximum atomic E-state index is 13.6. The van der Waals surface area contributed by atoms with Gasteiger partial charge in [-0.05, 0) is 57.9 Å². The first-order valence-electron chi connectivity index (χ1n) is 11.8. The van der Waals surface area contributed by atoms with Crippen LogP contribution < -0.4 is 20.1 Å². The van der Waals surface area contributed by atoms with Crippen molar-refractivity contribution >= 4 is 35.2 Å². The maximum Gasteiger partial charge on any atom is 0.411 e. The summed E-state index contributed by atoms with van der Waals surface area (Å²) in [5, 5.41) is 5.58. The fraction of sp³-hybridized carbons (Fsp3) is 0.423. The van der Waals surface area contributed by atoms with Gasteiger partial charge < -0.3 is 24.8 Å². The highest BCUT2D eigenvalue weighted by molar-refractivity contribution is 6.30. The highest BCUT2D eigenvalue weighted by atomic mass is 35.5. The smallest absolute Gasteiger partial charge is 0.411 e. The largest absolute Gasteiger partial charge is 0.497 e. The normalized spacial score (nSPS) is 17.5. The molecule has 1 aliphatic rings. The van der Waals surface area contributed by atoms with Crippen LogP contribution in [0.2, 0.25) is 5.02 Å². The van der Waals surface area contributed by atoms with Crippen molar-refractivity contribution in [1.82, 2.24) is 10.2 Å². The van der Waals surface area contributed by atoms with Gasteiger partial charge in [-0.15, -0.1) is 0 Å². The minimum Gasteiger partial charge on any atom is -0.497 e. The van der Waals surface area contributed by atoms with E-state index < -0.39 is 35.5 Å². The van der Waals surface area contributed by atoms with Crippen LogP contribution in [0, 0.1) is 5.82 Å². The Balaban J connectivity index is 1.65. The topological polar surface area (TPSA) is 106 Å². The van der Waals surface area contributed by atoms with Crippen molar-refractivity contribution in [3.63, 3.8) is 0 Å². The van der Waals surface area contributed by atoms with E-state index in [0.29, 0.717) is 24.3 Å². The maximum absolute atomic E-state index is 13.6. The van der Waals surface area contributed by atoms with Crippen molar-refractivity contribution in [1.29, 1.82) is 0 Å². The molecule has 0 unspecified atom stereocenters. The molecule has 0 bridgehead atoms. The molecule has 2 N–H and O–H groups in total. The summed E-state index contributed by atoms with van der Waals surface area (Å²) < 4.78 is 29.7. The monoisotopic (exact) mass is 535 g/mol. The van der Waals surface area contributed by atoms with Gasteiger partial charge in [0.25, 0.3) is 5.91 Å². The molecule has 0 saturated carbocycles. The molecular formula is C26H31ClFN3O6. The summed E-state index contributed by atoms with van der Waals surface area (Å²) in [5.74, 6) is -0.749. The zero-order chi connectivity index (χ0) is 27.2. The van der Waals surface area contributed by atoms with Gasteiger partial charge in [-0.1, -0.05) is 17.7 Å². The van der Waals surface area contributed by atoms with E-state index in [2.05, 4.69) is 10.6 Å². The molecule has 1 fully saturated rings. The Kier molecular flexibility index (Phi) is 9.20. The molecular weight excluding hydrogens is 505 g/mol. The highest BCUT2D eigenvalue weighted by Crippen LogP contribution is 2.24. The van der Waals surface area contributed by atoms with Gasteiger partial charge in [0, 0.05) is 30.4 Å². The number of nitrogens with one attached hydrogen (secondary N) is 2. The van der Waals surface area contributed by atoms with Crippen LogP contribution >= 0.6 is 11.6 Å². The number of halogens is 2. The Bertz CT molecular complexity index is 1140. The van der Waals surface area contributed by atoms with Crippen LogP contribution in [-0.4, -0.2) is 60.8 Å². The Hall–Kier alpha value is -3.53. The number of nitrogens with zero attached hydrogens (tertiary/aromatic N) is 1. The van der Waals surface area contributed by atoms with Crippen molar-refractivity contribution in [3.05, 3.63) is 53.3 Å². The fourth-order valence-electron chi connectivity index (χ4n) is 3.79. The number of likely N-dealkylation sites (tertiary alicyclic amines) is 1. The van der Waals surface area contributed by atoms with Crippen molar-refractivity contribution in [2.45, 2.75) is 51.3 Å². The predicted molar refractivity (Wildman–Crippen MR) is 136 cm³/mol. The average molecular weight is 536 g/mol. The van der Waals surface area contributed by atoms with Gasteiger partial charge >= 0.3 is 6.09 Å². The molecule has 2 aromatic carbocycles. The van der Waals surface area contributed by atoms with Gasteiger partial charge in [-0.2, -0.15) is 0 Å². The zero-order valence-corrected chi connectivity index (χ0v) is 21.9. The van der Waals surface area contributed by atoms with Gasteiger partial charge in [0.05, 0.1) is 12.1 Å². The lowest BCUT2D eigenvalue weighted by molar-refractivity contribution is -0.125. The minimum absolute atomic E-state index is 0.0498. The Morgan fingerprint density at radius 3 is 2.54 bits per heavy atom. The van der Waals surface area contributed by atoms with E-state index in [1.165, 1.54) is 24.1 Å². The third-order valence-electron chi connectivity index (χ3n) is 5.48. The molecule has 0 spiro atoms. The molecule has 1 aliphatic heterocycles. The molecule has 9 nitrogen and oxygen atoms in total. The molecule has 3 amide bonds. The summed E-state index contributed by atoms with van der Waals surface area (Å²) >= 11 is 5.66. The minimum atomic E-state index is -0.803. The van der Waals surface area contributed by atoms with Gasteiger partial charge in [-0.25, -0.2) is 9.18 Å². The molecule has 0 aromatic heterocycles. The number of benzene rings is 2. The van der Waals surface area contributed by atoms with Gasteiger partial charge in [0.2, 0.25) is 5.91 Å². The molecule has 37 heavy (non-hydrogen) atoms. The quantitative estimate of drug-likeness (QED) is 0.544. The molecule has 2 atom stereocenters. The molecule has 1 saturated heterocycles. The lowest BCUT2D eigenvalue weighted by atomic mass is 9.97. The molecule has 2 aromatic rings. The van der Waals surface area contributed by atoms with Gasteiger partial charge in [-0.3, -0.25) is 14.5 Å². The first-order valence-corrected chi connectivity index (χ1v) is 12.1. The molecule has 11 heteroatoms. The number of hydrogen-bond acceptors (Lipinski definition) is 6. The van der Waals surface area contributed by atoms with E-state index in [4.69, 9.17) is 25.8 Å². The Labute approximate surface area is 220 Å². The third-order valence-corrected chi connectivity index (χ3v) is 5.78. The van der Waals surface area contributed by atoms with Crippen LogP contribution in [0.4, 0.5) is 14.9 Å². The number of carbonyl (C=O) groups is 3. The van der Waals surface area contributed by atoms with Crippen molar-refractivity contribution < 1.29 is 33.0 Å². The number of carbonyl (C=O) groups excluding carboxylic acids is 3. The highest BCUT2D eigenvalue weighted by Gasteiger charge is 2.38. The lowest BCUT2D eigenvalue weighted by Crippen LogP contribution is -2.58. The number of rotatable bonds is 7. The predicted octanol–water partition coefficient (Wildman–Crippen LogP) is 4.39. The Morgan fingerprint density at radius 2 is 1.86 bits per heavy atom. The number of piperidine rings is 1. The third kappa shape index (κ3) is 8.24. The van der Waals surface area contributed by atoms with Gasteiger partial charge in [0.1, 0.15) is 29.0 Å². The second kappa shape index (κ2) is 12.1. The van der Waals surface area contributed by atoms with Crippen LogP contribution in [0.15, 0.2) is 42.5 Å². The van der Waals surface area contributed by atoms with Crippen molar-refractivity contribution in [3.8, 4) is 11.5 Å². The Morgan fingerprint density at radius 1 is 1.11 bits per heavy atom. The number of methoxy groups -OCH3 is 1. The van der Waals surface area contributed by atoms with Crippen LogP contribution in [0.5, 0.6) is 11.5 Å². The summed E-state index contributed by atoms with van der Waals surface area (Å²) in [6.07, 6.45) is 0.0742. The van der Waals surface area contributed by atoms with E-state index in [9.17, 15) is 18.8 Å². The SMILES string of the molecule is COc1cccc(NC(=O)[C@H]2CC[C@H](NC(=O)COc3ccc(Cl)c(F)c3)CN2C(=O)OC(C)(C)C)c1. The van der Waals surface area contributed by atoms with Gasteiger partial charge in [0.15, 0.2) is 6.61 Å². The number of ether oxygens (including phenoxy) is 3. The first-order chi connectivity index (χ1) is 17.4. The summed E-state index contributed by atoms with van der Waals surface area (Å²) in [6.45, 7) is 4.90. The number of amides is 3. The number of hydrogen-bond donors (Lipinski definition) is 2. The summed E-state index contributed by atoms with van der Waals surface area (Å²) in [5.41, 5.74) is -0.248. The first kappa shape index (κ1) is 28.0. The zero-order valence-electron chi connectivity index (χ0n) is 21.2. The lowest BCUT2D eigenvalue weighted by Gasteiger charge is -2.39. The van der Waals surface area contributed by atoms with Crippen LogP contribution in [0.25, 0.3) is 0 Å². The van der Waals surface area contributed by atoms with E-state index in [1.54, 1.807) is 45.0 Å². The van der Waals surface area contributed by atoms with E-state index in [0.717, 1.165) is 6.07 Å². The van der Waals surface area contributed by atoms with E-state index >= 15 is 0 Å². The molecule has 1 heterocycles. The molecule has 200 valence electrons. The second-order valence-corrected chi connectivity index (χ2v) is 9.98.